The Kier molecular flexibility index (Phi) is 1.56. The minimum atomic E-state index is -1.05. The number of aromatic nitrogens is 1. The molecule has 2 nitrogen and oxygen atoms in total. The Morgan fingerprint density at radius 1 is 1.45 bits per heavy atom. The molecule has 1 fully saturated rings. The predicted molar refractivity (Wildman–Crippen MR) is 42.5 cm³/mol. The lowest BCUT2D eigenvalue weighted by Crippen LogP contribution is -1.91. The van der Waals surface area contributed by atoms with Crippen molar-refractivity contribution >= 4 is 23.2 Å². The Balaban J connectivity index is 2.21. The SMILES string of the molecule is ClC1(Cl)OC1c1ccccn1. The molecule has 0 saturated carbocycles. The third-order valence-electron chi connectivity index (χ3n) is 1.48. The standard InChI is InChI=1S/C7H5Cl2NO/c8-7(9)6(11-7)5-3-1-2-4-10-5/h1-4,6H. The fraction of sp³-hybridized carbons (Fsp3) is 0.286. The average Bonchev–Trinajstić information content (AvgIpc) is 2.62. The van der Waals surface area contributed by atoms with E-state index >= 15 is 0 Å². The van der Waals surface area contributed by atoms with Crippen LogP contribution in [0.1, 0.15) is 11.8 Å². The van der Waals surface area contributed by atoms with E-state index in [9.17, 15) is 0 Å². The van der Waals surface area contributed by atoms with Crippen LogP contribution in [0, 0.1) is 0 Å². The van der Waals surface area contributed by atoms with Crippen LogP contribution in [0.2, 0.25) is 0 Å². The maximum atomic E-state index is 5.64. The summed E-state index contributed by atoms with van der Waals surface area (Å²) in [6.45, 7) is 0. The van der Waals surface area contributed by atoms with Crippen molar-refractivity contribution in [2.75, 3.05) is 0 Å². The number of ether oxygens (including phenoxy) is 1. The molecule has 0 aromatic carbocycles. The lowest BCUT2D eigenvalue weighted by Gasteiger charge is -1.91. The van der Waals surface area contributed by atoms with Crippen molar-refractivity contribution in [1.29, 1.82) is 0 Å². The zero-order valence-corrected chi connectivity index (χ0v) is 7.01. The number of nitrogens with zero attached hydrogens (tertiary/aromatic N) is 1. The van der Waals surface area contributed by atoms with E-state index in [1.165, 1.54) is 0 Å². The first-order valence-electron chi connectivity index (χ1n) is 3.17. The Bertz CT molecular complexity index is 262. The minimum absolute atomic E-state index is 0.257. The molecule has 2 rings (SSSR count). The second-order valence-electron chi connectivity index (χ2n) is 2.31. The van der Waals surface area contributed by atoms with Gasteiger partial charge in [0.1, 0.15) is 0 Å². The zero-order valence-electron chi connectivity index (χ0n) is 5.50. The molecule has 58 valence electrons. The molecule has 0 aliphatic carbocycles. The third-order valence-corrected chi connectivity index (χ3v) is 2.05. The van der Waals surface area contributed by atoms with Gasteiger partial charge in [-0.15, -0.1) is 0 Å². The number of halogens is 2. The van der Waals surface area contributed by atoms with Gasteiger partial charge in [-0.2, -0.15) is 0 Å². The molecule has 1 aromatic heterocycles. The molecule has 1 aliphatic rings. The topological polar surface area (TPSA) is 25.4 Å². The van der Waals surface area contributed by atoms with Crippen molar-refractivity contribution in [1.82, 2.24) is 4.98 Å². The van der Waals surface area contributed by atoms with Crippen LogP contribution in [0.5, 0.6) is 0 Å². The van der Waals surface area contributed by atoms with Crippen molar-refractivity contribution in [2.45, 2.75) is 10.6 Å². The number of epoxide rings is 1. The first-order valence-corrected chi connectivity index (χ1v) is 3.92. The van der Waals surface area contributed by atoms with Crippen molar-refractivity contribution < 1.29 is 4.74 Å². The first kappa shape index (κ1) is 7.35. The van der Waals surface area contributed by atoms with E-state index in [1.54, 1.807) is 6.20 Å². The van der Waals surface area contributed by atoms with Crippen LogP contribution in [0.3, 0.4) is 0 Å². The summed E-state index contributed by atoms with van der Waals surface area (Å²) < 4.78 is 3.91. The van der Waals surface area contributed by atoms with Gasteiger partial charge in [-0.1, -0.05) is 29.3 Å². The number of hydrogen-bond acceptors (Lipinski definition) is 2. The predicted octanol–water partition coefficient (Wildman–Crippen LogP) is 2.28. The number of rotatable bonds is 1. The highest BCUT2D eigenvalue weighted by atomic mass is 35.5. The van der Waals surface area contributed by atoms with Crippen LogP contribution in [-0.4, -0.2) is 9.50 Å². The van der Waals surface area contributed by atoms with Gasteiger partial charge in [0.2, 0.25) is 0 Å². The maximum Gasteiger partial charge on any atom is 0.251 e. The molecule has 0 radical (unpaired) electrons. The molecule has 1 unspecified atom stereocenters. The summed E-state index contributed by atoms with van der Waals surface area (Å²) >= 11 is 11.3. The van der Waals surface area contributed by atoms with Gasteiger partial charge in [-0.3, -0.25) is 4.98 Å². The van der Waals surface area contributed by atoms with Gasteiger partial charge in [-0.05, 0) is 12.1 Å². The number of alkyl halides is 2. The molecule has 1 saturated heterocycles. The fourth-order valence-electron chi connectivity index (χ4n) is 0.887. The van der Waals surface area contributed by atoms with Crippen molar-refractivity contribution in [3.63, 3.8) is 0 Å². The van der Waals surface area contributed by atoms with Gasteiger partial charge in [0.15, 0.2) is 6.10 Å². The largest absolute Gasteiger partial charge is 0.329 e. The van der Waals surface area contributed by atoms with E-state index in [0.717, 1.165) is 5.69 Å². The van der Waals surface area contributed by atoms with Gasteiger partial charge >= 0.3 is 0 Å². The highest BCUT2D eigenvalue weighted by Gasteiger charge is 2.56. The molecule has 4 heteroatoms. The lowest BCUT2D eigenvalue weighted by atomic mass is 10.3. The smallest absolute Gasteiger partial charge is 0.251 e. The monoisotopic (exact) mass is 189 g/mol. The van der Waals surface area contributed by atoms with Crippen LogP contribution in [0.4, 0.5) is 0 Å². The normalized spacial score (nSPS) is 26.5. The molecule has 0 bridgehead atoms. The molecule has 11 heavy (non-hydrogen) atoms. The van der Waals surface area contributed by atoms with Gasteiger partial charge in [0, 0.05) is 6.20 Å². The van der Waals surface area contributed by atoms with Gasteiger partial charge in [0.05, 0.1) is 5.69 Å². The van der Waals surface area contributed by atoms with Crippen molar-refractivity contribution in [2.24, 2.45) is 0 Å². The van der Waals surface area contributed by atoms with Crippen LogP contribution in [-0.2, 0) is 4.74 Å². The van der Waals surface area contributed by atoms with Crippen LogP contribution >= 0.6 is 23.2 Å². The van der Waals surface area contributed by atoms with E-state index in [0.29, 0.717) is 0 Å². The number of hydrogen-bond donors (Lipinski definition) is 0. The Morgan fingerprint density at radius 3 is 2.64 bits per heavy atom. The highest BCUT2D eigenvalue weighted by molar-refractivity contribution is 6.49. The summed E-state index contributed by atoms with van der Waals surface area (Å²) in [7, 11) is 0. The molecule has 1 aliphatic heterocycles. The van der Waals surface area contributed by atoms with E-state index in [4.69, 9.17) is 27.9 Å². The van der Waals surface area contributed by atoms with Gasteiger partial charge in [-0.25, -0.2) is 0 Å². The second-order valence-corrected chi connectivity index (χ2v) is 3.63. The average molecular weight is 190 g/mol. The third kappa shape index (κ3) is 1.34. The summed E-state index contributed by atoms with van der Waals surface area (Å²) in [5.41, 5.74) is 0.775. The van der Waals surface area contributed by atoms with Gasteiger partial charge < -0.3 is 4.74 Å². The van der Waals surface area contributed by atoms with Crippen LogP contribution in [0.15, 0.2) is 24.4 Å². The lowest BCUT2D eigenvalue weighted by molar-refractivity contribution is 0.388. The molecule has 0 amide bonds. The molecule has 0 N–H and O–H groups in total. The Labute approximate surface area is 74.1 Å². The van der Waals surface area contributed by atoms with E-state index in [2.05, 4.69) is 4.98 Å². The molecular formula is C7H5Cl2NO. The molecule has 1 atom stereocenters. The summed E-state index contributed by atoms with van der Waals surface area (Å²) in [5.74, 6) is 0. The zero-order chi connectivity index (χ0) is 7.90. The van der Waals surface area contributed by atoms with Crippen molar-refractivity contribution in [3.05, 3.63) is 30.1 Å². The van der Waals surface area contributed by atoms with Gasteiger partial charge in [0.25, 0.3) is 4.52 Å². The maximum absolute atomic E-state index is 5.64. The van der Waals surface area contributed by atoms with E-state index in [-0.39, 0.29) is 6.10 Å². The quantitative estimate of drug-likeness (QED) is 0.501. The Morgan fingerprint density at radius 2 is 2.18 bits per heavy atom. The summed E-state index contributed by atoms with van der Waals surface area (Å²) in [6, 6.07) is 5.53. The van der Waals surface area contributed by atoms with Crippen molar-refractivity contribution in [3.8, 4) is 0 Å². The molecular weight excluding hydrogens is 185 g/mol. The molecule has 0 spiro atoms. The fourth-order valence-corrected chi connectivity index (χ4v) is 1.29. The van der Waals surface area contributed by atoms with E-state index < -0.39 is 4.52 Å². The van der Waals surface area contributed by atoms with Crippen LogP contribution in [0.25, 0.3) is 0 Å². The second kappa shape index (κ2) is 2.34. The summed E-state index contributed by atoms with van der Waals surface area (Å²) in [4.78, 5) is 4.04. The molecule has 1 aromatic rings. The highest BCUT2D eigenvalue weighted by Crippen LogP contribution is 2.55. The molecule has 2 heterocycles. The van der Waals surface area contributed by atoms with E-state index in [1.807, 2.05) is 18.2 Å². The van der Waals surface area contributed by atoms with Crippen LogP contribution < -0.4 is 0 Å². The Hall–Kier alpha value is -0.310. The first-order chi connectivity index (χ1) is 5.20. The minimum Gasteiger partial charge on any atom is -0.329 e. The summed E-state index contributed by atoms with van der Waals surface area (Å²) in [6.07, 6.45) is 1.42. The summed E-state index contributed by atoms with van der Waals surface area (Å²) in [5, 5.41) is 0. The number of pyridine rings is 1.